The molecule has 0 aromatic heterocycles. The Morgan fingerprint density at radius 3 is 2.53 bits per heavy atom. The second-order valence-electron chi connectivity index (χ2n) is 8.38. The maximum absolute atomic E-state index is 14.5. The van der Waals surface area contributed by atoms with E-state index < -0.39 is 40.2 Å². The molecule has 3 rings (SSSR count). The Morgan fingerprint density at radius 1 is 1.11 bits per heavy atom. The van der Waals surface area contributed by atoms with Gasteiger partial charge in [0.25, 0.3) is 0 Å². The van der Waals surface area contributed by atoms with E-state index in [1.165, 1.54) is 42.2 Å². The van der Waals surface area contributed by atoms with Gasteiger partial charge in [0, 0.05) is 24.7 Å². The van der Waals surface area contributed by atoms with E-state index in [2.05, 4.69) is 5.32 Å². The van der Waals surface area contributed by atoms with Crippen LogP contribution in [-0.2, 0) is 26.2 Å². The highest BCUT2D eigenvalue weighted by molar-refractivity contribution is 7.92. The van der Waals surface area contributed by atoms with E-state index in [1.807, 2.05) is 6.92 Å². The molecule has 0 aliphatic carbocycles. The summed E-state index contributed by atoms with van der Waals surface area (Å²) in [5.74, 6) is -0.995. The molecular weight excluding hydrogens is 489 g/mol. The molecule has 36 heavy (non-hydrogen) atoms. The van der Waals surface area contributed by atoms with Gasteiger partial charge in [0.2, 0.25) is 28.6 Å². The molecule has 0 fully saturated rings. The summed E-state index contributed by atoms with van der Waals surface area (Å²) in [5, 5.41) is 2.78. The first-order valence-electron chi connectivity index (χ1n) is 11.9. The number of fused-ring (bicyclic) bond motifs is 1. The first-order valence-corrected chi connectivity index (χ1v) is 13.5. The second-order valence-corrected chi connectivity index (χ2v) is 10.6. The van der Waals surface area contributed by atoms with Gasteiger partial charge in [0.1, 0.15) is 18.4 Å². The summed E-state index contributed by atoms with van der Waals surface area (Å²) in [6.07, 6.45) is 1.65. The molecule has 1 N–H and O–H groups in total. The summed E-state index contributed by atoms with van der Waals surface area (Å²) < 4.78 is 52.1. The lowest BCUT2D eigenvalue weighted by Gasteiger charge is -2.32. The Hall–Kier alpha value is -3.34. The number of halogens is 1. The van der Waals surface area contributed by atoms with Crippen molar-refractivity contribution in [3.63, 3.8) is 0 Å². The Bertz CT molecular complexity index is 1190. The summed E-state index contributed by atoms with van der Waals surface area (Å²) in [6, 6.07) is 9.58. The average molecular weight is 522 g/mol. The number of hydrogen-bond acceptors (Lipinski definition) is 6. The molecule has 0 bridgehead atoms. The Kier molecular flexibility index (Phi) is 9.14. The largest absolute Gasteiger partial charge is 0.454 e. The van der Waals surface area contributed by atoms with E-state index in [4.69, 9.17) is 9.47 Å². The molecule has 2 amide bonds. The number of nitrogens with zero attached hydrogens (tertiary/aromatic N) is 2. The molecule has 9 nitrogen and oxygen atoms in total. The quantitative estimate of drug-likeness (QED) is 0.431. The van der Waals surface area contributed by atoms with E-state index in [0.29, 0.717) is 18.0 Å². The van der Waals surface area contributed by atoms with Crippen molar-refractivity contribution in [1.29, 1.82) is 0 Å². The van der Waals surface area contributed by atoms with Crippen LogP contribution in [0.2, 0.25) is 0 Å². The Morgan fingerprint density at radius 2 is 1.83 bits per heavy atom. The number of carbonyl (C=O) groups is 2. The molecule has 2 aromatic carbocycles. The van der Waals surface area contributed by atoms with Gasteiger partial charge in [-0.25, -0.2) is 12.8 Å². The molecule has 0 unspecified atom stereocenters. The van der Waals surface area contributed by atoms with Gasteiger partial charge in [-0.1, -0.05) is 31.5 Å². The predicted molar refractivity (Wildman–Crippen MR) is 134 cm³/mol. The fourth-order valence-electron chi connectivity index (χ4n) is 3.69. The summed E-state index contributed by atoms with van der Waals surface area (Å²) in [5.41, 5.74) is 0.437. The average Bonchev–Trinajstić information content (AvgIpc) is 3.34. The highest BCUT2D eigenvalue weighted by Gasteiger charge is 2.32. The summed E-state index contributed by atoms with van der Waals surface area (Å²) in [6.45, 7) is 4.68. The lowest BCUT2D eigenvalue weighted by Crippen LogP contribution is -2.51. The van der Waals surface area contributed by atoms with E-state index in [1.54, 1.807) is 19.1 Å². The van der Waals surface area contributed by atoms with E-state index in [-0.39, 0.29) is 30.3 Å². The molecule has 0 saturated heterocycles. The van der Waals surface area contributed by atoms with Gasteiger partial charge in [-0.15, -0.1) is 0 Å². The minimum atomic E-state index is -3.89. The summed E-state index contributed by atoms with van der Waals surface area (Å²) in [7, 11) is -3.89. The maximum atomic E-state index is 14.5. The molecule has 2 aromatic rings. The van der Waals surface area contributed by atoms with Gasteiger partial charge in [0.15, 0.2) is 11.5 Å². The third-order valence-electron chi connectivity index (χ3n) is 5.92. The van der Waals surface area contributed by atoms with Gasteiger partial charge >= 0.3 is 0 Å². The van der Waals surface area contributed by atoms with Gasteiger partial charge in [0.05, 0.1) is 11.4 Å². The lowest BCUT2D eigenvalue weighted by atomic mass is 10.1. The van der Waals surface area contributed by atoms with Crippen LogP contribution in [0.25, 0.3) is 0 Å². The topological polar surface area (TPSA) is 105 Å². The predicted octanol–water partition coefficient (Wildman–Crippen LogP) is 3.04. The van der Waals surface area contributed by atoms with Crippen molar-refractivity contribution in [2.24, 2.45) is 0 Å². The normalized spacial score (nSPS) is 13.2. The van der Waals surface area contributed by atoms with Crippen LogP contribution in [0.3, 0.4) is 0 Å². The zero-order valence-electron chi connectivity index (χ0n) is 20.7. The molecule has 0 radical (unpaired) electrons. The fraction of sp³-hybridized carbons (Fsp3) is 0.440. The molecule has 1 heterocycles. The van der Waals surface area contributed by atoms with Crippen molar-refractivity contribution in [1.82, 2.24) is 10.2 Å². The van der Waals surface area contributed by atoms with Gasteiger partial charge in [-0.05, 0) is 38.5 Å². The number of sulfonamides is 1. The number of hydrogen-bond donors (Lipinski definition) is 1. The number of rotatable bonds is 12. The molecule has 1 atom stereocenters. The molecule has 1 aliphatic rings. The van der Waals surface area contributed by atoms with Crippen molar-refractivity contribution >= 4 is 27.5 Å². The number of unbranched alkanes of at least 4 members (excludes halogenated alkanes) is 1. The smallest absolute Gasteiger partial charge is 0.244 e. The van der Waals surface area contributed by atoms with Crippen LogP contribution in [0.5, 0.6) is 11.5 Å². The molecule has 0 saturated carbocycles. The third-order valence-corrected chi connectivity index (χ3v) is 7.66. The number of nitrogens with one attached hydrogen (secondary N) is 1. The lowest BCUT2D eigenvalue weighted by molar-refractivity contribution is -0.139. The number of amides is 2. The van der Waals surface area contributed by atoms with Crippen LogP contribution in [-0.4, -0.2) is 56.8 Å². The molecule has 0 spiro atoms. The molecular formula is C25H32FN3O6S. The van der Waals surface area contributed by atoms with Crippen molar-refractivity contribution in [2.75, 3.05) is 29.9 Å². The van der Waals surface area contributed by atoms with Gasteiger partial charge in [-0.3, -0.25) is 13.9 Å². The highest BCUT2D eigenvalue weighted by Crippen LogP contribution is 2.36. The molecule has 11 heteroatoms. The van der Waals surface area contributed by atoms with Crippen molar-refractivity contribution in [3.05, 3.63) is 53.8 Å². The van der Waals surface area contributed by atoms with Crippen molar-refractivity contribution < 1.29 is 31.9 Å². The minimum Gasteiger partial charge on any atom is -0.454 e. The highest BCUT2D eigenvalue weighted by atomic mass is 32.2. The summed E-state index contributed by atoms with van der Waals surface area (Å²) >= 11 is 0. The van der Waals surface area contributed by atoms with Crippen molar-refractivity contribution in [2.45, 2.75) is 46.2 Å². The van der Waals surface area contributed by atoms with Crippen LogP contribution in [0.1, 0.15) is 39.2 Å². The molecule has 196 valence electrons. The standard InChI is InChI=1S/C25H32FN3O6S/c1-4-6-13-27-25(31)18(3)28(15-19-9-7-8-10-21(19)26)24(30)16-29(36(32,33)5-2)20-11-12-22-23(14-20)35-17-34-22/h7-12,14,18H,4-6,13,15-17H2,1-3H3,(H,27,31)/t18-/m1/s1. The fourth-order valence-corrected chi connectivity index (χ4v) is 4.74. The van der Waals surface area contributed by atoms with E-state index in [9.17, 15) is 22.4 Å². The zero-order chi connectivity index (χ0) is 26.3. The third kappa shape index (κ3) is 6.45. The number of ether oxygens (including phenoxy) is 2. The van der Waals surface area contributed by atoms with Crippen LogP contribution in [0.4, 0.5) is 10.1 Å². The zero-order valence-corrected chi connectivity index (χ0v) is 21.5. The molecule has 1 aliphatic heterocycles. The van der Waals surface area contributed by atoms with Crippen molar-refractivity contribution in [3.8, 4) is 11.5 Å². The van der Waals surface area contributed by atoms with E-state index in [0.717, 1.165) is 17.1 Å². The monoisotopic (exact) mass is 521 g/mol. The van der Waals surface area contributed by atoms with Gasteiger partial charge < -0.3 is 19.7 Å². The minimum absolute atomic E-state index is 0.0132. The first-order chi connectivity index (χ1) is 17.2. The summed E-state index contributed by atoms with van der Waals surface area (Å²) in [4.78, 5) is 27.6. The SMILES string of the molecule is CCCCNC(=O)[C@@H](C)N(Cc1ccccc1F)C(=O)CN(c1ccc2c(c1)OCO2)S(=O)(=O)CC. The number of benzene rings is 2. The van der Waals surface area contributed by atoms with Crippen LogP contribution in [0.15, 0.2) is 42.5 Å². The Labute approximate surface area is 211 Å². The maximum Gasteiger partial charge on any atom is 0.244 e. The van der Waals surface area contributed by atoms with E-state index >= 15 is 0 Å². The number of anilines is 1. The van der Waals surface area contributed by atoms with Crippen LogP contribution < -0.4 is 19.1 Å². The van der Waals surface area contributed by atoms with Gasteiger partial charge in [-0.2, -0.15) is 0 Å². The van der Waals surface area contributed by atoms with Crippen LogP contribution in [0, 0.1) is 5.82 Å². The second kappa shape index (κ2) is 12.1. The van der Waals surface area contributed by atoms with Crippen LogP contribution >= 0.6 is 0 Å². The first kappa shape index (κ1) is 27.3. The Balaban J connectivity index is 1.92. The number of carbonyl (C=O) groups excluding carboxylic acids is 2.